The summed E-state index contributed by atoms with van der Waals surface area (Å²) in [5, 5.41) is 1.46. The highest BCUT2D eigenvalue weighted by atomic mass is 35.5. The van der Waals surface area contributed by atoms with Crippen molar-refractivity contribution in [2.45, 2.75) is 72.8 Å². The van der Waals surface area contributed by atoms with Crippen LogP contribution in [0.5, 0.6) is 0 Å². The second kappa shape index (κ2) is 9.06. The second-order valence-corrected chi connectivity index (χ2v) is 10.8. The average Bonchev–Trinajstić information content (AvgIpc) is 3.00. The normalized spacial score (nSPS) is 14.6. The molecule has 0 unspecified atom stereocenters. The highest BCUT2D eigenvalue weighted by Gasteiger charge is 2.35. The van der Waals surface area contributed by atoms with Crippen molar-refractivity contribution in [3.05, 3.63) is 64.1 Å². The number of carbonyl (C=O) groups is 2. The van der Waals surface area contributed by atoms with Crippen LogP contribution < -0.4 is 0 Å². The van der Waals surface area contributed by atoms with Crippen LogP contribution in [0.1, 0.15) is 87.0 Å². The van der Waals surface area contributed by atoms with Gasteiger partial charge < -0.3 is 4.57 Å². The Morgan fingerprint density at radius 3 is 2.45 bits per heavy atom. The molecule has 0 saturated heterocycles. The van der Waals surface area contributed by atoms with Crippen LogP contribution in [0, 0.1) is 11.3 Å². The number of aromatic nitrogens is 2. The Labute approximate surface area is 201 Å². The Balaban J connectivity index is 1.97. The van der Waals surface area contributed by atoms with Crippen LogP contribution in [0.15, 0.2) is 36.5 Å². The van der Waals surface area contributed by atoms with Crippen LogP contribution in [0.3, 0.4) is 0 Å². The molecular formula is C28H33ClN2O2. The number of fused-ring (bicyclic) bond motifs is 1. The minimum absolute atomic E-state index is 0.0862. The Bertz CT molecular complexity index is 1200. The van der Waals surface area contributed by atoms with Gasteiger partial charge in [-0.15, -0.1) is 0 Å². The Hall–Kier alpha value is -2.46. The molecule has 2 heterocycles. The number of rotatable bonds is 8. The Kier molecular flexibility index (Phi) is 6.50. The molecule has 2 aromatic heterocycles. The van der Waals surface area contributed by atoms with Gasteiger partial charge in [0.25, 0.3) is 0 Å². The zero-order chi connectivity index (χ0) is 23.9. The van der Waals surface area contributed by atoms with Gasteiger partial charge in [-0.3, -0.25) is 9.59 Å². The predicted octanol–water partition coefficient (Wildman–Crippen LogP) is 7.00. The van der Waals surface area contributed by atoms with Crippen molar-refractivity contribution in [2.75, 3.05) is 0 Å². The first-order chi connectivity index (χ1) is 15.6. The zero-order valence-electron chi connectivity index (χ0n) is 20.2. The zero-order valence-corrected chi connectivity index (χ0v) is 21.0. The van der Waals surface area contributed by atoms with Gasteiger partial charge in [0.1, 0.15) is 10.9 Å². The molecule has 0 bridgehead atoms. The fourth-order valence-electron chi connectivity index (χ4n) is 4.52. The number of halogens is 1. The molecule has 0 aliphatic heterocycles. The molecular weight excluding hydrogens is 432 g/mol. The Morgan fingerprint density at radius 2 is 1.91 bits per heavy atom. The summed E-state index contributed by atoms with van der Waals surface area (Å²) < 4.78 is 2.22. The van der Waals surface area contributed by atoms with Crippen molar-refractivity contribution in [1.82, 2.24) is 9.55 Å². The Morgan fingerprint density at radius 1 is 1.18 bits per heavy atom. The van der Waals surface area contributed by atoms with Crippen LogP contribution in [0.2, 0.25) is 5.15 Å². The minimum atomic E-state index is -0.570. The smallest absolute Gasteiger partial charge is 0.168 e. The highest BCUT2D eigenvalue weighted by molar-refractivity contribution is 6.29. The van der Waals surface area contributed by atoms with Gasteiger partial charge >= 0.3 is 0 Å². The number of pyridine rings is 1. The first-order valence-electron chi connectivity index (χ1n) is 11.9. The van der Waals surface area contributed by atoms with Gasteiger partial charge in [0.05, 0.1) is 0 Å². The van der Waals surface area contributed by atoms with Gasteiger partial charge in [-0.2, -0.15) is 0 Å². The van der Waals surface area contributed by atoms with E-state index in [4.69, 9.17) is 11.6 Å². The molecule has 0 radical (unpaired) electrons. The molecule has 0 N–H and O–H groups in total. The maximum atomic E-state index is 13.8. The first kappa shape index (κ1) is 23.7. The van der Waals surface area contributed by atoms with E-state index in [9.17, 15) is 9.59 Å². The summed E-state index contributed by atoms with van der Waals surface area (Å²) in [6.07, 6.45) is 5.31. The predicted molar refractivity (Wildman–Crippen MR) is 134 cm³/mol. The summed E-state index contributed by atoms with van der Waals surface area (Å²) in [6, 6.07) is 10.2. The number of ketones is 2. The molecule has 1 aliphatic rings. The van der Waals surface area contributed by atoms with Crippen LogP contribution in [0.4, 0.5) is 0 Å². The van der Waals surface area contributed by atoms with Crippen LogP contribution in [0.25, 0.3) is 10.9 Å². The van der Waals surface area contributed by atoms with E-state index in [1.165, 1.54) is 5.56 Å². The molecule has 1 saturated carbocycles. The summed E-state index contributed by atoms with van der Waals surface area (Å²) >= 11 is 6.01. The lowest BCUT2D eigenvalue weighted by Gasteiger charge is -2.27. The second-order valence-electron chi connectivity index (χ2n) is 10.4. The topological polar surface area (TPSA) is 52.0 Å². The number of carbonyl (C=O) groups excluding carboxylic acids is 2. The molecule has 0 atom stereocenters. The first-order valence-corrected chi connectivity index (χ1v) is 12.3. The van der Waals surface area contributed by atoms with Crippen LogP contribution in [-0.4, -0.2) is 21.1 Å². The molecule has 4 nitrogen and oxygen atoms in total. The highest BCUT2D eigenvalue weighted by Crippen LogP contribution is 2.39. The maximum absolute atomic E-state index is 13.8. The van der Waals surface area contributed by atoms with Gasteiger partial charge in [0.15, 0.2) is 5.78 Å². The maximum Gasteiger partial charge on any atom is 0.168 e. The van der Waals surface area contributed by atoms with E-state index in [1.807, 2.05) is 19.9 Å². The van der Waals surface area contributed by atoms with Gasteiger partial charge in [-0.1, -0.05) is 57.8 Å². The number of hydrogen-bond donors (Lipinski definition) is 0. The quantitative estimate of drug-likeness (QED) is 0.266. The third-order valence-electron chi connectivity index (χ3n) is 7.28. The number of Topliss-reactive ketones (excluding diaryl/α,β-unsaturated/α-hetero) is 2. The third-order valence-corrected chi connectivity index (χ3v) is 7.50. The largest absolute Gasteiger partial charge is 0.339 e. The number of nitrogens with zero attached hydrogens (tertiary/aromatic N) is 2. The SMILES string of the molecule is CC(=O)C(C)(C)Cc1c(C(=O)C2CCC2)c2cc(C(C)C)ccc2n1Cc1ccc(Cl)nc1. The number of hydrogen-bond acceptors (Lipinski definition) is 3. The molecule has 33 heavy (non-hydrogen) atoms. The third kappa shape index (κ3) is 4.63. The molecule has 5 heteroatoms. The molecule has 1 fully saturated rings. The standard InChI is InChI=1S/C28H33ClN2O2/c1-17(2)21-10-11-23-22(13-21)26(27(33)20-7-6-8-20)24(14-28(4,5)18(3)32)31(23)16-19-9-12-25(29)30-15-19/h9-13,15,17,20H,6-8,14,16H2,1-5H3. The summed E-state index contributed by atoms with van der Waals surface area (Å²) in [7, 11) is 0. The van der Waals surface area contributed by atoms with E-state index >= 15 is 0 Å². The van der Waals surface area contributed by atoms with E-state index in [1.54, 1.807) is 19.2 Å². The van der Waals surface area contributed by atoms with Crippen molar-refractivity contribution in [1.29, 1.82) is 0 Å². The van der Waals surface area contributed by atoms with Crippen molar-refractivity contribution < 1.29 is 9.59 Å². The number of benzene rings is 1. The fraction of sp³-hybridized carbons (Fsp3) is 0.464. The lowest BCUT2D eigenvalue weighted by atomic mass is 9.77. The lowest BCUT2D eigenvalue weighted by Crippen LogP contribution is -2.28. The molecule has 0 amide bonds. The average molecular weight is 465 g/mol. The molecule has 1 aromatic carbocycles. The van der Waals surface area contributed by atoms with Crippen molar-refractivity contribution in [3.63, 3.8) is 0 Å². The molecule has 0 spiro atoms. The van der Waals surface area contributed by atoms with Gasteiger partial charge in [-0.05, 0) is 55.0 Å². The van der Waals surface area contributed by atoms with E-state index in [0.717, 1.165) is 47.0 Å². The monoisotopic (exact) mass is 464 g/mol. The van der Waals surface area contributed by atoms with Crippen LogP contribution in [-0.2, 0) is 17.8 Å². The molecule has 4 rings (SSSR count). The minimum Gasteiger partial charge on any atom is -0.339 e. The lowest BCUT2D eigenvalue weighted by molar-refractivity contribution is -0.124. The van der Waals surface area contributed by atoms with E-state index in [2.05, 4.69) is 41.6 Å². The fourth-order valence-corrected chi connectivity index (χ4v) is 4.64. The molecule has 174 valence electrons. The van der Waals surface area contributed by atoms with Gasteiger partial charge in [0.2, 0.25) is 0 Å². The summed E-state index contributed by atoms with van der Waals surface area (Å²) in [4.78, 5) is 30.5. The van der Waals surface area contributed by atoms with E-state index in [-0.39, 0.29) is 17.5 Å². The summed E-state index contributed by atoms with van der Waals surface area (Å²) in [6.45, 7) is 10.5. The summed E-state index contributed by atoms with van der Waals surface area (Å²) in [5.74, 6) is 0.803. The van der Waals surface area contributed by atoms with Gasteiger partial charge in [-0.25, -0.2) is 4.98 Å². The van der Waals surface area contributed by atoms with Crippen molar-refractivity contribution >= 4 is 34.1 Å². The van der Waals surface area contributed by atoms with E-state index < -0.39 is 5.41 Å². The molecule has 3 aromatic rings. The van der Waals surface area contributed by atoms with Crippen molar-refractivity contribution in [2.24, 2.45) is 11.3 Å². The van der Waals surface area contributed by atoms with E-state index in [0.29, 0.717) is 24.0 Å². The summed E-state index contributed by atoms with van der Waals surface area (Å²) in [5.41, 5.74) is 4.46. The van der Waals surface area contributed by atoms with Crippen LogP contribution >= 0.6 is 11.6 Å². The molecule has 1 aliphatic carbocycles. The van der Waals surface area contributed by atoms with Gasteiger partial charge in [0, 0.05) is 52.7 Å². The van der Waals surface area contributed by atoms with Crippen molar-refractivity contribution in [3.8, 4) is 0 Å².